The Morgan fingerprint density at radius 2 is 1.59 bits per heavy atom. The molecule has 0 aliphatic heterocycles. The van der Waals surface area contributed by atoms with Crippen molar-refractivity contribution in [3.63, 3.8) is 0 Å². The zero-order valence-corrected chi connectivity index (χ0v) is 24.5. The molecule has 1 aromatic carbocycles. The lowest BCUT2D eigenvalue weighted by atomic mass is 9.40. The van der Waals surface area contributed by atoms with Crippen molar-refractivity contribution >= 4 is 17.3 Å². The Hall–Kier alpha value is -1.89. The Labute approximate surface area is 233 Å². The van der Waals surface area contributed by atoms with Crippen molar-refractivity contribution in [2.24, 2.45) is 39.2 Å². The van der Waals surface area contributed by atoms with Crippen LogP contribution in [0.15, 0.2) is 9.59 Å². The van der Waals surface area contributed by atoms with E-state index in [1.165, 1.54) is 12.8 Å². The number of fused-ring (bicyclic) bond motifs is 3. The van der Waals surface area contributed by atoms with Crippen LogP contribution in [0.25, 0.3) is 0 Å². The monoisotopic (exact) mass is 539 g/mol. The maximum atomic E-state index is 13.2. The molecular weight excluding hydrogens is 490 g/mol. The van der Waals surface area contributed by atoms with Crippen molar-refractivity contribution in [3.8, 4) is 0 Å². The molecule has 39 heavy (non-hydrogen) atoms. The van der Waals surface area contributed by atoms with Crippen LogP contribution in [0, 0.1) is 33.5 Å². The summed E-state index contributed by atoms with van der Waals surface area (Å²) in [6.45, 7) is 9.40. The van der Waals surface area contributed by atoms with Crippen LogP contribution in [0.3, 0.4) is 0 Å². The summed E-state index contributed by atoms with van der Waals surface area (Å²) in [4.78, 5) is 38.7. The van der Waals surface area contributed by atoms with Gasteiger partial charge in [0.1, 0.15) is 11.4 Å². The normalized spacial score (nSPS) is 45.3. The standard InChI is InChI=1S/C32H49N3O4/c1-5-39-28(38)31(4)14-8-13-30(3)21(31)12-16-32-17-23(29(2,18-32)15-11-22(30)32)35-25-24(26(36)27(25)37)34-20-10-7-6-9-19(20)33/h19-23,34-35H,5-18,33H2,1-4H3/t19?,20?,21?,22?,23-,29+,30-,31-,32+/m1/s1. The first kappa shape index (κ1) is 27.3. The van der Waals surface area contributed by atoms with E-state index in [9.17, 15) is 14.4 Å². The zero-order chi connectivity index (χ0) is 27.8. The van der Waals surface area contributed by atoms with Gasteiger partial charge in [0, 0.05) is 18.1 Å². The van der Waals surface area contributed by atoms with Gasteiger partial charge in [0.05, 0.1) is 12.0 Å². The fourth-order valence-corrected chi connectivity index (χ4v) is 10.9. The van der Waals surface area contributed by atoms with Crippen LogP contribution >= 0.6 is 0 Å². The molecule has 0 saturated heterocycles. The van der Waals surface area contributed by atoms with Gasteiger partial charge in [-0.25, -0.2) is 0 Å². The van der Waals surface area contributed by atoms with E-state index in [4.69, 9.17) is 10.5 Å². The first-order valence-corrected chi connectivity index (χ1v) is 15.8. The van der Waals surface area contributed by atoms with Gasteiger partial charge in [0.15, 0.2) is 0 Å². The predicted molar refractivity (Wildman–Crippen MR) is 155 cm³/mol. The molecule has 7 nitrogen and oxygen atoms in total. The van der Waals surface area contributed by atoms with Crippen LogP contribution in [0.5, 0.6) is 0 Å². The van der Waals surface area contributed by atoms with Crippen LogP contribution in [0.1, 0.15) is 111 Å². The number of ether oxygens (including phenoxy) is 1. The minimum Gasteiger partial charge on any atom is -0.466 e. The third-order valence-electron chi connectivity index (χ3n) is 12.8. The van der Waals surface area contributed by atoms with Gasteiger partial charge in [-0.05, 0) is 106 Å². The summed E-state index contributed by atoms with van der Waals surface area (Å²) in [5, 5.41) is 7.04. The largest absolute Gasteiger partial charge is 0.466 e. The highest BCUT2D eigenvalue weighted by atomic mass is 16.5. The quantitative estimate of drug-likeness (QED) is 0.340. The average molecular weight is 540 g/mol. The molecule has 0 aromatic heterocycles. The number of carbonyl (C=O) groups excluding carboxylic acids is 1. The van der Waals surface area contributed by atoms with Gasteiger partial charge in [-0.3, -0.25) is 14.4 Å². The van der Waals surface area contributed by atoms with E-state index >= 15 is 0 Å². The Balaban J connectivity index is 1.24. The minimum atomic E-state index is -0.397. The van der Waals surface area contributed by atoms with Crippen molar-refractivity contribution in [1.82, 2.24) is 0 Å². The van der Waals surface area contributed by atoms with E-state index in [0.29, 0.717) is 29.8 Å². The molecule has 9 atom stereocenters. The molecule has 6 rings (SSSR count). The Morgan fingerprint density at radius 3 is 2.31 bits per heavy atom. The molecule has 1 aromatic rings. The number of nitrogens with two attached hydrogens (primary N) is 1. The van der Waals surface area contributed by atoms with Crippen molar-refractivity contribution in [2.45, 2.75) is 129 Å². The Morgan fingerprint density at radius 1 is 0.897 bits per heavy atom. The van der Waals surface area contributed by atoms with Crippen LogP contribution in [-0.4, -0.2) is 30.7 Å². The summed E-state index contributed by atoms with van der Waals surface area (Å²) >= 11 is 0. The summed E-state index contributed by atoms with van der Waals surface area (Å²) < 4.78 is 5.63. The highest BCUT2D eigenvalue weighted by Crippen LogP contribution is 2.74. The Bertz CT molecular complexity index is 1210. The lowest BCUT2D eigenvalue weighted by molar-refractivity contribution is -0.187. The van der Waals surface area contributed by atoms with Crippen molar-refractivity contribution in [1.29, 1.82) is 0 Å². The summed E-state index contributed by atoms with van der Waals surface area (Å²) in [6, 6.07) is 0.247. The van der Waals surface area contributed by atoms with Gasteiger partial charge < -0.3 is 21.1 Å². The molecule has 216 valence electrons. The highest BCUT2D eigenvalue weighted by molar-refractivity contribution is 5.77. The number of hydrogen-bond acceptors (Lipinski definition) is 7. The second-order valence-corrected chi connectivity index (χ2v) is 14.9. The smallest absolute Gasteiger partial charge is 0.312 e. The summed E-state index contributed by atoms with van der Waals surface area (Å²) in [5.74, 6) is 0.929. The molecule has 0 amide bonds. The SMILES string of the molecule is CCOC(=O)[C@]1(C)CCC[C@@]2(C)C3CC[C@@]4(C)C[C@]3(CCC21)C[C@H]4Nc1c(NC2CCCCC2N)c(=O)c1=O. The molecule has 4 unspecified atom stereocenters. The predicted octanol–water partition coefficient (Wildman–Crippen LogP) is 5.11. The molecular formula is C32H49N3O4. The van der Waals surface area contributed by atoms with E-state index in [-0.39, 0.29) is 45.8 Å². The third kappa shape index (κ3) is 3.95. The fourth-order valence-electron chi connectivity index (χ4n) is 10.9. The lowest BCUT2D eigenvalue weighted by Crippen LogP contribution is -2.58. The molecule has 5 aliphatic carbocycles. The summed E-state index contributed by atoms with van der Waals surface area (Å²) in [6.07, 6.45) is 14.0. The van der Waals surface area contributed by atoms with Gasteiger partial charge in [-0.15, -0.1) is 0 Å². The van der Waals surface area contributed by atoms with Crippen LogP contribution in [0.2, 0.25) is 0 Å². The number of rotatable bonds is 6. The van der Waals surface area contributed by atoms with E-state index in [1.807, 2.05) is 6.92 Å². The fraction of sp³-hybridized carbons (Fsp3) is 0.844. The van der Waals surface area contributed by atoms with E-state index in [2.05, 4.69) is 31.4 Å². The van der Waals surface area contributed by atoms with Gasteiger partial charge in [0.25, 0.3) is 10.9 Å². The first-order valence-electron chi connectivity index (χ1n) is 15.8. The minimum absolute atomic E-state index is 0.00121. The molecule has 2 bridgehead atoms. The molecule has 4 N–H and O–H groups in total. The maximum Gasteiger partial charge on any atom is 0.312 e. The number of esters is 1. The van der Waals surface area contributed by atoms with Crippen LogP contribution in [0.4, 0.5) is 11.4 Å². The first-order chi connectivity index (χ1) is 18.5. The number of nitrogens with one attached hydrogen (secondary N) is 2. The van der Waals surface area contributed by atoms with Gasteiger partial charge in [-0.1, -0.05) is 33.1 Å². The summed E-state index contributed by atoms with van der Waals surface area (Å²) in [5.41, 5.74) is 6.58. The molecule has 5 aliphatic rings. The second kappa shape index (κ2) is 9.32. The second-order valence-electron chi connectivity index (χ2n) is 14.9. The van der Waals surface area contributed by atoms with Gasteiger partial charge in [0.2, 0.25) is 0 Å². The molecule has 5 fully saturated rings. The third-order valence-corrected chi connectivity index (χ3v) is 12.8. The Kier molecular flexibility index (Phi) is 6.52. The van der Waals surface area contributed by atoms with Gasteiger partial charge in [-0.2, -0.15) is 0 Å². The molecule has 0 heterocycles. The van der Waals surface area contributed by atoms with Crippen LogP contribution < -0.4 is 27.2 Å². The van der Waals surface area contributed by atoms with E-state index in [1.54, 1.807) is 0 Å². The zero-order valence-electron chi connectivity index (χ0n) is 24.5. The molecule has 7 heteroatoms. The maximum absolute atomic E-state index is 13.2. The number of carbonyl (C=O) groups is 1. The number of anilines is 2. The van der Waals surface area contributed by atoms with Crippen LogP contribution in [-0.2, 0) is 9.53 Å². The van der Waals surface area contributed by atoms with Crippen molar-refractivity contribution < 1.29 is 9.53 Å². The van der Waals surface area contributed by atoms with E-state index < -0.39 is 10.8 Å². The van der Waals surface area contributed by atoms with E-state index in [0.717, 1.165) is 70.6 Å². The molecule has 0 radical (unpaired) electrons. The topological polar surface area (TPSA) is 111 Å². The summed E-state index contributed by atoms with van der Waals surface area (Å²) in [7, 11) is 0. The van der Waals surface area contributed by atoms with Gasteiger partial charge >= 0.3 is 5.97 Å². The molecule has 1 spiro atoms. The average Bonchev–Trinajstić information content (AvgIpc) is 3.10. The van der Waals surface area contributed by atoms with Crippen molar-refractivity contribution in [3.05, 3.63) is 20.4 Å². The molecule has 5 saturated carbocycles. The highest BCUT2D eigenvalue weighted by Gasteiger charge is 2.68. The number of hydrogen-bond donors (Lipinski definition) is 3. The lowest BCUT2D eigenvalue weighted by Gasteiger charge is -2.64. The van der Waals surface area contributed by atoms with Crippen molar-refractivity contribution in [2.75, 3.05) is 17.2 Å².